The van der Waals surface area contributed by atoms with Gasteiger partial charge in [-0.3, -0.25) is 9.48 Å². The van der Waals surface area contributed by atoms with Crippen LogP contribution in [0.2, 0.25) is 0 Å². The van der Waals surface area contributed by atoms with E-state index in [2.05, 4.69) is 10.1 Å². The van der Waals surface area contributed by atoms with Gasteiger partial charge in [0.05, 0.1) is 24.8 Å². The third-order valence-corrected chi connectivity index (χ3v) is 2.12. The summed E-state index contributed by atoms with van der Waals surface area (Å²) in [5, 5.41) is 4.05. The van der Waals surface area contributed by atoms with Crippen molar-refractivity contribution < 1.29 is 4.79 Å². The van der Waals surface area contributed by atoms with E-state index in [1.54, 1.807) is 28.0 Å². The van der Waals surface area contributed by atoms with Gasteiger partial charge in [0.1, 0.15) is 5.69 Å². The van der Waals surface area contributed by atoms with Crippen LogP contribution in [0.3, 0.4) is 0 Å². The molecule has 14 heavy (non-hydrogen) atoms. The third kappa shape index (κ3) is 1.44. The van der Waals surface area contributed by atoms with Crippen molar-refractivity contribution in [3.05, 3.63) is 36.2 Å². The highest BCUT2D eigenvalue weighted by molar-refractivity contribution is 5.71. The van der Waals surface area contributed by atoms with Gasteiger partial charge in [0, 0.05) is 13.2 Å². The summed E-state index contributed by atoms with van der Waals surface area (Å²) in [7, 11) is 1.87. The van der Waals surface area contributed by atoms with Crippen molar-refractivity contribution in [3.8, 4) is 0 Å². The summed E-state index contributed by atoms with van der Waals surface area (Å²) in [6, 6.07) is 1.91. The van der Waals surface area contributed by atoms with Crippen molar-refractivity contribution >= 4 is 6.29 Å². The van der Waals surface area contributed by atoms with Crippen LogP contribution in [0, 0.1) is 0 Å². The Balaban J connectivity index is 2.27. The Labute approximate surface area is 81.0 Å². The molecule has 2 heterocycles. The molecule has 72 valence electrons. The number of nitrogens with zero attached hydrogens (tertiary/aromatic N) is 4. The SMILES string of the molecule is Cn1nccc1Cn1cncc1C=O. The summed E-state index contributed by atoms with van der Waals surface area (Å²) < 4.78 is 3.55. The molecule has 0 atom stereocenters. The molecular weight excluding hydrogens is 180 g/mol. The van der Waals surface area contributed by atoms with Gasteiger partial charge >= 0.3 is 0 Å². The summed E-state index contributed by atoms with van der Waals surface area (Å²) >= 11 is 0. The van der Waals surface area contributed by atoms with E-state index in [1.807, 2.05) is 13.1 Å². The van der Waals surface area contributed by atoms with Crippen LogP contribution in [-0.2, 0) is 13.6 Å². The molecule has 0 aliphatic carbocycles. The van der Waals surface area contributed by atoms with Gasteiger partial charge < -0.3 is 4.57 Å². The maximum absolute atomic E-state index is 10.6. The molecular formula is C9H10N4O. The zero-order valence-corrected chi connectivity index (χ0v) is 7.79. The predicted octanol–water partition coefficient (Wildman–Crippen LogP) is 0.477. The molecule has 0 saturated heterocycles. The number of hydrogen-bond acceptors (Lipinski definition) is 3. The van der Waals surface area contributed by atoms with Gasteiger partial charge in [-0.2, -0.15) is 5.10 Å². The normalized spacial score (nSPS) is 10.4. The zero-order chi connectivity index (χ0) is 9.97. The van der Waals surface area contributed by atoms with Crippen molar-refractivity contribution in [3.63, 3.8) is 0 Å². The van der Waals surface area contributed by atoms with E-state index < -0.39 is 0 Å². The Morgan fingerprint density at radius 1 is 1.57 bits per heavy atom. The topological polar surface area (TPSA) is 52.7 Å². The highest BCUT2D eigenvalue weighted by atomic mass is 16.1. The van der Waals surface area contributed by atoms with Crippen LogP contribution >= 0.6 is 0 Å². The Morgan fingerprint density at radius 3 is 3.07 bits per heavy atom. The van der Waals surface area contributed by atoms with Crippen molar-refractivity contribution in [2.45, 2.75) is 6.54 Å². The Kier molecular flexibility index (Phi) is 2.14. The molecule has 5 nitrogen and oxygen atoms in total. The second kappa shape index (κ2) is 3.45. The second-order valence-corrected chi connectivity index (χ2v) is 3.01. The van der Waals surface area contributed by atoms with Crippen LogP contribution < -0.4 is 0 Å². The number of rotatable bonds is 3. The molecule has 0 N–H and O–H groups in total. The molecule has 0 aliphatic rings. The first-order valence-electron chi connectivity index (χ1n) is 4.23. The first-order valence-corrected chi connectivity index (χ1v) is 4.23. The smallest absolute Gasteiger partial charge is 0.168 e. The lowest BCUT2D eigenvalue weighted by Gasteiger charge is -2.04. The Hall–Kier alpha value is -1.91. The zero-order valence-electron chi connectivity index (χ0n) is 7.79. The average molecular weight is 190 g/mol. The minimum absolute atomic E-state index is 0.575. The van der Waals surface area contributed by atoms with Crippen molar-refractivity contribution in [2.75, 3.05) is 0 Å². The fourth-order valence-electron chi connectivity index (χ4n) is 1.29. The fraction of sp³-hybridized carbons (Fsp3) is 0.222. The molecule has 0 aliphatic heterocycles. The Morgan fingerprint density at radius 2 is 2.43 bits per heavy atom. The number of hydrogen-bond donors (Lipinski definition) is 0. The predicted molar refractivity (Wildman–Crippen MR) is 49.9 cm³/mol. The maximum atomic E-state index is 10.6. The van der Waals surface area contributed by atoms with Gasteiger partial charge in [-0.05, 0) is 6.07 Å². The quantitative estimate of drug-likeness (QED) is 0.661. The van der Waals surface area contributed by atoms with E-state index in [0.29, 0.717) is 12.2 Å². The molecule has 0 radical (unpaired) electrons. The summed E-state index contributed by atoms with van der Waals surface area (Å²) in [6.07, 6.45) is 5.70. The molecule has 0 spiro atoms. The average Bonchev–Trinajstić information content (AvgIpc) is 2.77. The van der Waals surface area contributed by atoms with Gasteiger partial charge in [0.25, 0.3) is 0 Å². The molecule has 0 bridgehead atoms. The highest BCUT2D eigenvalue weighted by Gasteiger charge is 2.03. The van der Waals surface area contributed by atoms with Gasteiger partial charge in [-0.1, -0.05) is 0 Å². The van der Waals surface area contributed by atoms with E-state index in [4.69, 9.17) is 0 Å². The summed E-state index contributed by atoms with van der Waals surface area (Å²) in [5.74, 6) is 0. The van der Waals surface area contributed by atoms with Crippen molar-refractivity contribution in [1.82, 2.24) is 19.3 Å². The molecule has 5 heteroatoms. The van der Waals surface area contributed by atoms with Crippen LogP contribution in [0.15, 0.2) is 24.8 Å². The van der Waals surface area contributed by atoms with Crippen LogP contribution in [0.5, 0.6) is 0 Å². The van der Waals surface area contributed by atoms with Crippen molar-refractivity contribution in [1.29, 1.82) is 0 Å². The van der Waals surface area contributed by atoms with E-state index in [-0.39, 0.29) is 0 Å². The molecule has 2 aromatic heterocycles. The van der Waals surface area contributed by atoms with E-state index in [9.17, 15) is 4.79 Å². The van der Waals surface area contributed by atoms with E-state index >= 15 is 0 Å². The largest absolute Gasteiger partial charge is 0.322 e. The molecule has 0 aromatic carbocycles. The lowest BCUT2D eigenvalue weighted by molar-refractivity contribution is 0.111. The van der Waals surface area contributed by atoms with Crippen LogP contribution in [0.4, 0.5) is 0 Å². The number of carbonyl (C=O) groups is 1. The minimum Gasteiger partial charge on any atom is -0.322 e. The molecule has 0 saturated carbocycles. The maximum Gasteiger partial charge on any atom is 0.168 e. The van der Waals surface area contributed by atoms with Crippen LogP contribution in [-0.4, -0.2) is 25.6 Å². The van der Waals surface area contributed by atoms with Gasteiger partial charge in [-0.25, -0.2) is 4.98 Å². The monoisotopic (exact) mass is 190 g/mol. The van der Waals surface area contributed by atoms with Crippen LogP contribution in [0.1, 0.15) is 16.2 Å². The van der Waals surface area contributed by atoms with Crippen molar-refractivity contribution in [2.24, 2.45) is 7.05 Å². The number of aldehydes is 1. The first kappa shape index (κ1) is 8.68. The van der Waals surface area contributed by atoms with E-state index in [1.165, 1.54) is 0 Å². The summed E-state index contributed by atoms with van der Waals surface area (Å²) in [5.41, 5.74) is 1.61. The van der Waals surface area contributed by atoms with Gasteiger partial charge in [-0.15, -0.1) is 0 Å². The first-order chi connectivity index (χ1) is 6.81. The summed E-state index contributed by atoms with van der Waals surface area (Å²) in [4.78, 5) is 14.5. The molecule has 2 aromatic rings. The third-order valence-electron chi connectivity index (χ3n) is 2.12. The summed E-state index contributed by atoms with van der Waals surface area (Å²) in [6.45, 7) is 0.616. The number of imidazole rings is 1. The van der Waals surface area contributed by atoms with Gasteiger partial charge in [0.15, 0.2) is 6.29 Å². The lowest BCUT2D eigenvalue weighted by atomic mass is 10.4. The standard InChI is InChI=1S/C9H10N4O/c1-12-8(2-3-11-12)5-13-7-10-4-9(13)6-14/h2-4,6-7H,5H2,1H3. The number of carbonyl (C=O) groups excluding carboxylic acids is 1. The molecule has 2 rings (SSSR count). The molecule has 0 unspecified atom stereocenters. The van der Waals surface area contributed by atoms with E-state index in [0.717, 1.165) is 12.0 Å². The fourth-order valence-corrected chi connectivity index (χ4v) is 1.29. The van der Waals surface area contributed by atoms with Gasteiger partial charge in [0.2, 0.25) is 0 Å². The lowest BCUT2D eigenvalue weighted by Crippen LogP contribution is -2.06. The second-order valence-electron chi connectivity index (χ2n) is 3.01. The minimum atomic E-state index is 0.575. The highest BCUT2D eigenvalue weighted by Crippen LogP contribution is 2.03. The molecule has 0 amide bonds. The molecule has 0 fully saturated rings. The number of aromatic nitrogens is 4. The number of aryl methyl sites for hydroxylation is 1. The van der Waals surface area contributed by atoms with Crippen LogP contribution in [0.25, 0.3) is 0 Å². The Bertz CT molecular complexity index is 443.